The van der Waals surface area contributed by atoms with Gasteiger partial charge >= 0.3 is 18.9 Å². The van der Waals surface area contributed by atoms with E-state index in [2.05, 4.69) is 24.0 Å². The average molecular weight is 158 g/mol. The standard InChI is InChI=1S/C9H14N2.Li.H/c1-2-11(8-10)9-6-4-3-5-7-9;;/h3-7H,2,8,10H2,1H3;;. The second-order valence-electron chi connectivity index (χ2n) is 2.37. The molecule has 0 atom stereocenters. The molecule has 0 heterocycles. The van der Waals surface area contributed by atoms with Crippen LogP contribution in [0, 0.1) is 0 Å². The molecular weight excluding hydrogens is 143 g/mol. The number of anilines is 1. The van der Waals surface area contributed by atoms with Gasteiger partial charge in [0.1, 0.15) is 0 Å². The Kier molecular flexibility index (Phi) is 5.92. The summed E-state index contributed by atoms with van der Waals surface area (Å²) in [4.78, 5) is 2.11. The maximum absolute atomic E-state index is 5.54. The predicted octanol–water partition coefficient (Wildman–Crippen LogP) is 0.781. The number of benzene rings is 1. The van der Waals surface area contributed by atoms with E-state index in [-0.39, 0.29) is 18.9 Å². The van der Waals surface area contributed by atoms with Gasteiger partial charge in [-0.2, -0.15) is 0 Å². The fourth-order valence-electron chi connectivity index (χ4n) is 1.06. The average Bonchev–Trinajstić information content (AvgIpc) is 2.09. The van der Waals surface area contributed by atoms with E-state index in [4.69, 9.17) is 5.73 Å². The van der Waals surface area contributed by atoms with Crippen LogP contribution in [0.2, 0.25) is 0 Å². The van der Waals surface area contributed by atoms with Crippen molar-refractivity contribution in [1.29, 1.82) is 0 Å². The molecule has 0 aliphatic heterocycles. The van der Waals surface area contributed by atoms with Crippen molar-refractivity contribution in [3.05, 3.63) is 30.3 Å². The van der Waals surface area contributed by atoms with E-state index in [0.717, 1.165) is 6.54 Å². The van der Waals surface area contributed by atoms with Crippen molar-refractivity contribution in [1.82, 2.24) is 0 Å². The van der Waals surface area contributed by atoms with Crippen molar-refractivity contribution in [2.75, 3.05) is 18.1 Å². The monoisotopic (exact) mass is 158 g/mol. The fourth-order valence-corrected chi connectivity index (χ4v) is 1.06. The molecule has 0 aromatic heterocycles. The van der Waals surface area contributed by atoms with Crippen LogP contribution in [0.15, 0.2) is 30.3 Å². The molecule has 3 heteroatoms. The minimum absolute atomic E-state index is 0. The van der Waals surface area contributed by atoms with E-state index >= 15 is 0 Å². The van der Waals surface area contributed by atoms with Crippen LogP contribution in [-0.2, 0) is 0 Å². The third-order valence-corrected chi connectivity index (χ3v) is 1.72. The zero-order chi connectivity index (χ0) is 8.10. The van der Waals surface area contributed by atoms with Crippen molar-refractivity contribution in [2.45, 2.75) is 6.92 Å². The molecule has 0 saturated heterocycles. The van der Waals surface area contributed by atoms with E-state index in [1.807, 2.05) is 18.2 Å². The van der Waals surface area contributed by atoms with Gasteiger partial charge in [-0.25, -0.2) is 0 Å². The third kappa shape index (κ3) is 2.90. The quantitative estimate of drug-likeness (QED) is 0.520. The minimum atomic E-state index is 0. The molecule has 0 bridgehead atoms. The van der Waals surface area contributed by atoms with Crippen LogP contribution in [0.4, 0.5) is 5.69 Å². The van der Waals surface area contributed by atoms with Gasteiger partial charge in [0.25, 0.3) is 0 Å². The molecule has 0 fully saturated rings. The van der Waals surface area contributed by atoms with Crippen LogP contribution < -0.4 is 10.6 Å². The molecule has 1 rings (SSSR count). The third-order valence-electron chi connectivity index (χ3n) is 1.72. The van der Waals surface area contributed by atoms with Crippen molar-refractivity contribution in [3.8, 4) is 0 Å². The Morgan fingerprint density at radius 2 is 1.83 bits per heavy atom. The van der Waals surface area contributed by atoms with Crippen molar-refractivity contribution in [3.63, 3.8) is 0 Å². The molecule has 0 saturated carbocycles. The van der Waals surface area contributed by atoms with Gasteiger partial charge in [-0.05, 0) is 19.1 Å². The van der Waals surface area contributed by atoms with E-state index in [0.29, 0.717) is 6.67 Å². The summed E-state index contributed by atoms with van der Waals surface area (Å²) in [5.74, 6) is 0. The summed E-state index contributed by atoms with van der Waals surface area (Å²) in [6, 6.07) is 10.2. The van der Waals surface area contributed by atoms with E-state index < -0.39 is 0 Å². The molecule has 62 valence electrons. The summed E-state index contributed by atoms with van der Waals surface area (Å²) in [6.45, 7) is 3.64. The van der Waals surface area contributed by atoms with E-state index in [9.17, 15) is 0 Å². The maximum atomic E-state index is 5.54. The molecule has 0 unspecified atom stereocenters. The summed E-state index contributed by atoms with van der Waals surface area (Å²) >= 11 is 0. The van der Waals surface area contributed by atoms with E-state index in [1.54, 1.807) is 0 Å². The van der Waals surface area contributed by atoms with Gasteiger partial charge in [0, 0.05) is 12.2 Å². The second kappa shape index (κ2) is 6.13. The summed E-state index contributed by atoms with van der Waals surface area (Å²) in [5.41, 5.74) is 6.73. The van der Waals surface area contributed by atoms with Crippen LogP contribution in [0.1, 0.15) is 6.92 Å². The van der Waals surface area contributed by atoms with Crippen LogP contribution >= 0.6 is 0 Å². The predicted molar refractivity (Wildman–Crippen MR) is 55.7 cm³/mol. The van der Waals surface area contributed by atoms with Gasteiger partial charge in [-0.3, -0.25) is 0 Å². The first-order chi connectivity index (χ1) is 5.38. The molecule has 0 aliphatic carbocycles. The van der Waals surface area contributed by atoms with Gasteiger partial charge in [0.2, 0.25) is 0 Å². The number of rotatable bonds is 3. The molecule has 0 aliphatic rings. The van der Waals surface area contributed by atoms with Crippen LogP contribution in [0.3, 0.4) is 0 Å². The van der Waals surface area contributed by atoms with Crippen molar-refractivity contribution >= 4 is 24.5 Å². The van der Waals surface area contributed by atoms with Gasteiger partial charge in [0.15, 0.2) is 0 Å². The summed E-state index contributed by atoms with van der Waals surface area (Å²) in [5, 5.41) is 0. The number of nitrogens with two attached hydrogens (primary N) is 1. The Hall–Kier alpha value is -0.423. The molecule has 2 N–H and O–H groups in total. The Morgan fingerprint density at radius 3 is 2.25 bits per heavy atom. The SMILES string of the molecule is CCN(CN)c1ccccc1.[LiH]. The second-order valence-corrected chi connectivity index (χ2v) is 2.37. The first kappa shape index (κ1) is 11.6. The Morgan fingerprint density at radius 1 is 1.25 bits per heavy atom. The normalized spacial score (nSPS) is 8.83. The molecular formula is C9H15LiN2. The van der Waals surface area contributed by atoms with Crippen molar-refractivity contribution < 1.29 is 0 Å². The summed E-state index contributed by atoms with van der Waals surface area (Å²) in [7, 11) is 0. The van der Waals surface area contributed by atoms with Crippen LogP contribution in [0.5, 0.6) is 0 Å². The molecule has 0 spiro atoms. The van der Waals surface area contributed by atoms with Gasteiger partial charge in [-0.1, -0.05) is 18.2 Å². The molecule has 1 aromatic carbocycles. The number of nitrogens with zero attached hydrogens (tertiary/aromatic N) is 1. The zero-order valence-electron chi connectivity index (χ0n) is 6.83. The molecule has 1 aromatic rings. The van der Waals surface area contributed by atoms with Crippen LogP contribution in [-0.4, -0.2) is 32.1 Å². The van der Waals surface area contributed by atoms with Gasteiger partial charge in [-0.15, -0.1) is 0 Å². The fraction of sp³-hybridized carbons (Fsp3) is 0.333. The molecule has 2 nitrogen and oxygen atoms in total. The summed E-state index contributed by atoms with van der Waals surface area (Å²) in [6.07, 6.45) is 0. The molecule has 12 heavy (non-hydrogen) atoms. The number of para-hydroxylation sites is 1. The van der Waals surface area contributed by atoms with Crippen LogP contribution in [0.25, 0.3) is 0 Å². The topological polar surface area (TPSA) is 29.3 Å². The summed E-state index contributed by atoms with van der Waals surface area (Å²) < 4.78 is 0. The van der Waals surface area contributed by atoms with Gasteiger partial charge in [0.05, 0.1) is 6.67 Å². The molecule has 0 amide bonds. The Balaban J connectivity index is 0.00000121. The van der Waals surface area contributed by atoms with Crippen molar-refractivity contribution in [2.24, 2.45) is 5.73 Å². The number of hydrogen-bond acceptors (Lipinski definition) is 2. The van der Waals surface area contributed by atoms with E-state index in [1.165, 1.54) is 5.69 Å². The first-order valence-corrected chi connectivity index (χ1v) is 3.88. The first-order valence-electron chi connectivity index (χ1n) is 3.88. The van der Waals surface area contributed by atoms with Gasteiger partial charge < -0.3 is 10.6 Å². The number of hydrogen-bond donors (Lipinski definition) is 1. The molecule has 0 radical (unpaired) electrons. The Bertz CT molecular complexity index is 197. The Labute approximate surface area is 85.9 Å². The zero-order valence-corrected chi connectivity index (χ0v) is 6.83.